The van der Waals surface area contributed by atoms with Crippen molar-refractivity contribution in [1.82, 2.24) is 0 Å². The van der Waals surface area contributed by atoms with Crippen LogP contribution < -0.4 is 20.1 Å². The van der Waals surface area contributed by atoms with Gasteiger partial charge in [0, 0.05) is 10.6 Å². The Morgan fingerprint density at radius 2 is 1.39 bits per heavy atom. The zero-order chi connectivity index (χ0) is 28.2. The highest BCUT2D eigenvalue weighted by molar-refractivity contribution is 8.00. The molecule has 0 unspecified atom stereocenters. The fourth-order valence-electron chi connectivity index (χ4n) is 3.25. The topological polar surface area (TPSA) is 76.7 Å². The predicted molar refractivity (Wildman–Crippen MR) is 125 cm³/mol. The van der Waals surface area contributed by atoms with Crippen LogP contribution in [0.1, 0.15) is 15.9 Å². The van der Waals surface area contributed by atoms with Crippen molar-refractivity contribution >= 4 is 35.0 Å². The number of benzene rings is 3. The molecule has 0 spiro atoms. The molecular weight excluding hydrogens is 545 g/mol. The summed E-state index contributed by atoms with van der Waals surface area (Å²) in [4.78, 5) is 25.4. The first-order valence-electron chi connectivity index (χ1n) is 10.4. The molecule has 202 valence electrons. The van der Waals surface area contributed by atoms with Gasteiger partial charge in [0.2, 0.25) is 5.91 Å². The molecule has 0 radical (unpaired) electrons. The number of halogens is 7. The number of hydrogen-bond acceptors (Lipinski definition) is 5. The minimum absolute atomic E-state index is 0.120. The number of nitrogens with one attached hydrogen (secondary N) is 2. The quantitative estimate of drug-likeness (QED) is 0.193. The Kier molecular flexibility index (Phi) is 8.76. The van der Waals surface area contributed by atoms with Crippen LogP contribution in [0.3, 0.4) is 0 Å². The zero-order valence-electron chi connectivity index (χ0n) is 19.4. The van der Waals surface area contributed by atoms with E-state index in [2.05, 4.69) is 5.32 Å². The smallest absolute Gasteiger partial charge is 0.422 e. The van der Waals surface area contributed by atoms with Gasteiger partial charge in [-0.1, -0.05) is 12.1 Å². The van der Waals surface area contributed by atoms with Gasteiger partial charge in [-0.2, -0.15) is 13.2 Å². The minimum Gasteiger partial charge on any atom is -0.496 e. The number of methoxy groups -OCH3 is 2. The molecule has 0 aliphatic heterocycles. The van der Waals surface area contributed by atoms with Crippen LogP contribution in [0, 0.1) is 23.3 Å². The lowest BCUT2D eigenvalue weighted by Gasteiger charge is -2.15. The molecule has 0 atom stereocenters. The Morgan fingerprint density at radius 3 is 1.92 bits per heavy atom. The van der Waals surface area contributed by atoms with Crippen LogP contribution in [-0.2, 0) is 11.0 Å². The lowest BCUT2D eigenvalue weighted by Crippen LogP contribution is -2.21. The van der Waals surface area contributed by atoms with Gasteiger partial charge < -0.3 is 20.1 Å². The second kappa shape index (κ2) is 11.6. The molecule has 2 amide bonds. The van der Waals surface area contributed by atoms with Crippen molar-refractivity contribution in [2.24, 2.45) is 0 Å². The van der Waals surface area contributed by atoms with E-state index < -0.39 is 58.3 Å². The normalized spacial score (nSPS) is 11.2. The summed E-state index contributed by atoms with van der Waals surface area (Å²) in [6, 6.07) is 10.8. The maximum absolute atomic E-state index is 14.0. The molecule has 0 bridgehead atoms. The SMILES string of the molecule is COc1cccc(OC)c1C(=O)Nc1cccc(SCC(=O)Nc2c(F)c(F)c(C(F)(F)F)c(F)c2F)c1. The van der Waals surface area contributed by atoms with E-state index in [-0.39, 0.29) is 22.7 Å². The molecule has 14 heteroatoms. The Bertz CT molecular complexity index is 1330. The Balaban J connectivity index is 1.72. The maximum atomic E-state index is 14.0. The van der Waals surface area contributed by atoms with Gasteiger partial charge >= 0.3 is 6.18 Å². The van der Waals surface area contributed by atoms with Crippen LogP contribution >= 0.6 is 11.8 Å². The third-order valence-electron chi connectivity index (χ3n) is 4.93. The van der Waals surface area contributed by atoms with Crippen molar-refractivity contribution in [3.63, 3.8) is 0 Å². The molecule has 6 nitrogen and oxygen atoms in total. The van der Waals surface area contributed by atoms with E-state index >= 15 is 0 Å². The minimum atomic E-state index is -5.70. The van der Waals surface area contributed by atoms with E-state index in [1.54, 1.807) is 23.5 Å². The van der Waals surface area contributed by atoms with Crippen LogP contribution in [0.4, 0.5) is 42.1 Å². The standard InChI is InChI=1S/C24H17F7N2O4S/c1-36-13-7-4-8-14(37-2)16(13)23(35)32-11-5-3-6-12(9-11)38-10-15(34)33-22-20(27)18(25)17(24(29,30)31)19(26)21(22)28/h3-9H,10H2,1-2H3,(H,32,35)(H,33,34). The van der Waals surface area contributed by atoms with E-state index in [1.165, 1.54) is 38.5 Å². The average Bonchev–Trinajstić information content (AvgIpc) is 2.87. The van der Waals surface area contributed by atoms with Crippen LogP contribution in [0.2, 0.25) is 0 Å². The molecular formula is C24H17F7N2O4S. The predicted octanol–water partition coefficient (Wildman–Crippen LogP) is 6.26. The fourth-order valence-corrected chi connectivity index (χ4v) is 4.00. The summed E-state index contributed by atoms with van der Waals surface area (Å²) in [6.45, 7) is 0. The molecule has 0 aliphatic carbocycles. The van der Waals surface area contributed by atoms with Crippen molar-refractivity contribution in [3.8, 4) is 11.5 Å². The molecule has 0 saturated heterocycles. The molecule has 3 aromatic carbocycles. The lowest BCUT2D eigenvalue weighted by molar-refractivity contribution is -0.143. The molecule has 0 aliphatic rings. The first-order valence-corrected chi connectivity index (χ1v) is 11.4. The number of ether oxygens (including phenoxy) is 2. The van der Waals surface area contributed by atoms with Gasteiger partial charge in [0.1, 0.15) is 28.3 Å². The van der Waals surface area contributed by atoms with E-state index in [1.807, 2.05) is 0 Å². The molecule has 0 fully saturated rings. The van der Waals surface area contributed by atoms with Crippen molar-refractivity contribution < 1.29 is 49.8 Å². The monoisotopic (exact) mass is 562 g/mol. The second-order valence-corrected chi connectivity index (χ2v) is 8.41. The van der Waals surface area contributed by atoms with Gasteiger partial charge in [0.15, 0.2) is 23.3 Å². The molecule has 3 rings (SSSR count). The van der Waals surface area contributed by atoms with E-state index in [9.17, 15) is 40.3 Å². The third-order valence-corrected chi connectivity index (χ3v) is 5.92. The van der Waals surface area contributed by atoms with Crippen LogP contribution in [0.15, 0.2) is 47.4 Å². The van der Waals surface area contributed by atoms with Crippen LogP contribution in [0.5, 0.6) is 11.5 Å². The number of amides is 2. The molecule has 0 heterocycles. The summed E-state index contributed by atoms with van der Waals surface area (Å²) >= 11 is 0.803. The highest BCUT2D eigenvalue weighted by Gasteiger charge is 2.42. The van der Waals surface area contributed by atoms with Gasteiger partial charge in [-0.3, -0.25) is 9.59 Å². The number of rotatable bonds is 8. The van der Waals surface area contributed by atoms with Crippen molar-refractivity contribution in [2.75, 3.05) is 30.6 Å². The van der Waals surface area contributed by atoms with E-state index in [4.69, 9.17) is 9.47 Å². The van der Waals surface area contributed by atoms with Gasteiger partial charge in [-0.25, -0.2) is 17.6 Å². The lowest BCUT2D eigenvalue weighted by atomic mass is 10.1. The molecule has 3 aromatic rings. The summed E-state index contributed by atoms with van der Waals surface area (Å²) in [5.41, 5.74) is -4.03. The van der Waals surface area contributed by atoms with Crippen molar-refractivity contribution in [2.45, 2.75) is 11.1 Å². The number of anilines is 2. The molecule has 0 aromatic heterocycles. The average molecular weight is 562 g/mol. The van der Waals surface area contributed by atoms with Crippen LogP contribution in [-0.4, -0.2) is 31.8 Å². The van der Waals surface area contributed by atoms with Crippen LogP contribution in [0.25, 0.3) is 0 Å². The molecule has 0 saturated carbocycles. The number of thioether (sulfide) groups is 1. The number of hydrogen-bond donors (Lipinski definition) is 2. The first-order chi connectivity index (χ1) is 17.9. The Labute approximate surface area is 215 Å². The van der Waals surface area contributed by atoms with Gasteiger partial charge in [0.25, 0.3) is 5.91 Å². The third kappa shape index (κ3) is 6.13. The summed E-state index contributed by atoms with van der Waals surface area (Å²) in [7, 11) is 2.75. The Hall–Kier alpha value is -3.94. The molecule has 2 N–H and O–H groups in total. The second-order valence-electron chi connectivity index (χ2n) is 7.36. The Morgan fingerprint density at radius 1 is 0.842 bits per heavy atom. The summed E-state index contributed by atoms with van der Waals surface area (Å²) < 4.78 is 104. The summed E-state index contributed by atoms with van der Waals surface area (Å²) in [6.07, 6.45) is -5.70. The van der Waals surface area contributed by atoms with Gasteiger partial charge in [-0.15, -0.1) is 11.8 Å². The molecule has 38 heavy (non-hydrogen) atoms. The fraction of sp³-hybridized carbons (Fsp3) is 0.167. The highest BCUT2D eigenvalue weighted by Crippen LogP contribution is 2.38. The number of alkyl halides is 3. The summed E-state index contributed by atoms with van der Waals surface area (Å²) in [5, 5.41) is 4.18. The number of carbonyl (C=O) groups is 2. The zero-order valence-corrected chi connectivity index (χ0v) is 20.3. The van der Waals surface area contributed by atoms with Gasteiger partial charge in [-0.05, 0) is 30.3 Å². The van der Waals surface area contributed by atoms with E-state index in [0.717, 1.165) is 11.8 Å². The van der Waals surface area contributed by atoms with Crippen molar-refractivity contribution in [3.05, 3.63) is 76.9 Å². The van der Waals surface area contributed by atoms with Gasteiger partial charge in [0.05, 0.1) is 20.0 Å². The highest BCUT2D eigenvalue weighted by atomic mass is 32.2. The maximum Gasteiger partial charge on any atom is 0.422 e. The summed E-state index contributed by atoms with van der Waals surface area (Å²) in [5.74, 6) is -12.0. The largest absolute Gasteiger partial charge is 0.496 e. The van der Waals surface area contributed by atoms with E-state index in [0.29, 0.717) is 4.90 Å². The van der Waals surface area contributed by atoms with Crippen molar-refractivity contribution in [1.29, 1.82) is 0 Å². The number of carbonyl (C=O) groups excluding carboxylic acids is 2. The first kappa shape index (κ1) is 28.6.